The van der Waals surface area contributed by atoms with E-state index in [0.717, 1.165) is 29.9 Å². The molecule has 2 aromatic rings. The van der Waals surface area contributed by atoms with E-state index in [9.17, 15) is 0 Å². The number of likely N-dealkylation sites (N-methyl/N-ethyl adjacent to an activating group) is 1. The highest BCUT2D eigenvalue weighted by molar-refractivity contribution is 14.0. The Morgan fingerprint density at radius 1 is 1.28 bits per heavy atom. The van der Waals surface area contributed by atoms with Gasteiger partial charge in [-0.05, 0) is 44.0 Å². The summed E-state index contributed by atoms with van der Waals surface area (Å²) in [5.41, 5.74) is 0. The Morgan fingerprint density at radius 2 is 1.97 bits per heavy atom. The van der Waals surface area contributed by atoms with E-state index < -0.39 is 0 Å². The molecule has 7 nitrogen and oxygen atoms in total. The third kappa shape index (κ3) is 7.02. The molecule has 160 valence electrons. The van der Waals surface area contributed by atoms with Crippen molar-refractivity contribution in [1.29, 1.82) is 0 Å². The number of aromatic nitrogens is 3. The average molecular weight is 533 g/mol. The summed E-state index contributed by atoms with van der Waals surface area (Å²) in [5.74, 6) is 3.44. The molecule has 1 fully saturated rings. The standard InChI is InChI=1S/C20H29ClN6O.HI/c1-15-24-25-19(27(15)3)14-22-20(23-17-6-4-5-7-17)26(2)12-13-28-18-10-8-16(21)9-11-18;/h8-11,17H,4-7,12-14H2,1-3H3,(H,22,23);1H. The van der Waals surface area contributed by atoms with Gasteiger partial charge in [0.05, 0.1) is 6.54 Å². The molecule has 0 spiro atoms. The van der Waals surface area contributed by atoms with E-state index in [1.54, 1.807) is 0 Å². The fourth-order valence-electron chi connectivity index (χ4n) is 3.20. The first-order valence-corrected chi connectivity index (χ1v) is 10.2. The van der Waals surface area contributed by atoms with Crippen molar-refractivity contribution >= 4 is 41.5 Å². The van der Waals surface area contributed by atoms with Gasteiger partial charge in [0.2, 0.25) is 0 Å². The van der Waals surface area contributed by atoms with Crippen LogP contribution in [-0.2, 0) is 13.6 Å². The number of ether oxygens (including phenoxy) is 1. The third-order valence-corrected chi connectivity index (χ3v) is 5.36. The van der Waals surface area contributed by atoms with Gasteiger partial charge in [-0.1, -0.05) is 24.4 Å². The van der Waals surface area contributed by atoms with Crippen LogP contribution in [0.25, 0.3) is 0 Å². The van der Waals surface area contributed by atoms with E-state index in [1.807, 2.05) is 49.9 Å². The highest BCUT2D eigenvalue weighted by Crippen LogP contribution is 2.18. The summed E-state index contributed by atoms with van der Waals surface area (Å²) in [6.07, 6.45) is 4.93. The molecule has 0 radical (unpaired) electrons. The first kappa shape index (κ1) is 23.7. The second-order valence-corrected chi connectivity index (χ2v) is 7.65. The van der Waals surface area contributed by atoms with Gasteiger partial charge < -0.3 is 19.5 Å². The van der Waals surface area contributed by atoms with Gasteiger partial charge in [0.1, 0.15) is 24.7 Å². The normalized spacial score (nSPS) is 14.6. The van der Waals surface area contributed by atoms with Crippen LogP contribution in [0.2, 0.25) is 5.02 Å². The van der Waals surface area contributed by atoms with E-state index in [2.05, 4.69) is 20.4 Å². The van der Waals surface area contributed by atoms with Crippen LogP contribution in [-0.4, -0.2) is 51.9 Å². The fraction of sp³-hybridized carbons (Fsp3) is 0.550. The molecule has 1 heterocycles. The van der Waals surface area contributed by atoms with Gasteiger partial charge in [0, 0.05) is 25.2 Å². The van der Waals surface area contributed by atoms with E-state index >= 15 is 0 Å². The number of benzene rings is 1. The van der Waals surface area contributed by atoms with Crippen molar-refractivity contribution in [3.63, 3.8) is 0 Å². The molecule has 1 N–H and O–H groups in total. The lowest BCUT2D eigenvalue weighted by Crippen LogP contribution is -2.44. The largest absolute Gasteiger partial charge is 0.492 e. The first-order valence-electron chi connectivity index (χ1n) is 9.78. The Labute approximate surface area is 194 Å². The molecule has 1 saturated carbocycles. The van der Waals surface area contributed by atoms with Gasteiger partial charge in [-0.2, -0.15) is 0 Å². The molecular formula is C20H30ClIN6O. The lowest BCUT2D eigenvalue weighted by molar-refractivity contribution is 0.280. The zero-order valence-electron chi connectivity index (χ0n) is 17.3. The van der Waals surface area contributed by atoms with Gasteiger partial charge >= 0.3 is 0 Å². The molecule has 1 aromatic carbocycles. The van der Waals surface area contributed by atoms with Crippen LogP contribution in [0.3, 0.4) is 0 Å². The summed E-state index contributed by atoms with van der Waals surface area (Å²) >= 11 is 5.92. The van der Waals surface area contributed by atoms with Gasteiger partial charge in [-0.15, -0.1) is 34.2 Å². The second-order valence-electron chi connectivity index (χ2n) is 7.21. The zero-order chi connectivity index (χ0) is 19.9. The number of aryl methyl sites for hydroxylation is 1. The van der Waals surface area contributed by atoms with E-state index in [4.69, 9.17) is 21.3 Å². The molecule has 0 atom stereocenters. The topological polar surface area (TPSA) is 67.6 Å². The summed E-state index contributed by atoms with van der Waals surface area (Å²) in [6, 6.07) is 7.91. The van der Waals surface area contributed by atoms with Crippen LogP contribution < -0.4 is 10.1 Å². The highest BCUT2D eigenvalue weighted by Gasteiger charge is 2.18. The average Bonchev–Trinajstić information content (AvgIpc) is 3.31. The molecule has 0 aliphatic heterocycles. The maximum Gasteiger partial charge on any atom is 0.194 e. The van der Waals surface area contributed by atoms with Crippen molar-refractivity contribution in [2.75, 3.05) is 20.2 Å². The van der Waals surface area contributed by atoms with Crippen LogP contribution in [0.1, 0.15) is 37.3 Å². The summed E-state index contributed by atoms with van der Waals surface area (Å²) in [4.78, 5) is 6.91. The molecule has 1 aromatic heterocycles. The van der Waals surface area contributed by atoms with E-state index in [1.165, 1.54) is 25.7 Å². The lowest BCUT2D eigenvalue weighted by Gasteiger charge is -2.25. The quantitative estimate of drug-likeness (QED) is 0.334. The number of halogens is 2. The van der Waals surface area contributed by atoms with Gasteiger partial charge in [0.25, 0.3) is 0 Å². The Hall–Kier alpha value is -1.55. The molecule has 0 unspecified atom stereocenters. The van der Waals surface area contributed by atoms with Crippen molar-refractivity contribution in [3.05, 3.63) is 40.9 Å². The molecule has 3 rings (SSSR count). The lowest BCUT2D eigenvalue weighted by atomic mass is 10.2. The summed E-state index contributed by atoms with van der Waals surface area (Å²) in [5, 5.41) is 12.6. The SMILES string of the molecule is Cc1nnc(CN=C(NC2CCCC2)N(C)CCOc2ccc(Cl)cc2)n1C.I. The molecule has 0 saturated heterocycles. The van der Waals surface area contributed by atoms with Crippen LogP contribution in [0.5, 0.6) is 5.75 Å². The number of guanidine groups is 1. The van der Waals surface area contributed by atoms with Crippen LogP contribution in [0.15, 0.2) is 29.3 Å². The van der Waals surface area contributed by atoms with E-state index in [-0.39, 0.29) is 24.0 Å². The first-order chi connectivity index (χ1) is 13.5. The number of hydrogen-bond donors (Lipinski definition) is 1. The number of rotatable bonds is 7. The molecule has 1 aliphatic carbocycles. The molecule has 29 heavy (non-hydrogen) atoms. The smallest absolute Gasteiger partial charge is 0.194 e. The Kier molecular flexibility index (Phi) is 9.48. The van der Waals surface area contributed by atoms with Crippen LogP contribution >= 0.6 is 35.6 Å². The minimum absolute atomic E-state index is 0. The van der Waals surface area contributed by atoms with Crippen molar-refractivity contribution in [1.82, 2.24) is 25.0 Å². The van der Waals surface area contributed by atoms with Crippen LogP contribution in [0, 0.1) is 6.92 Å². The minimum atomic E-state index is 0. The van der Waals surface area contributed by atoms with Crippen molar-refractivity contribution in [2.24, 2.45) is 12.0 Å². The maximum absolute atomic E-state index is 5.92. The summed E-state index contributed by atoms with van der Waals surface area (Å²) in [7, 11) is 4.00. The zero-order valence-corrected chi connectivity index (χ0v) is 20.4. The fourth-order valence-corrected chi connectivity index (χ4v) is 3.33. The number of nitrogens with one attached hydrogen (secondary N) is 1. The Balaban J connectivity index is 0.00000300. The van der Waals surface area contributed by atoms with Gasteiger partial charge in [-0.3, -0.25) is 0 Å². The number of hydrogen-bond acceptors (Lipinski definition) is 4. The molecule has 1 aliphatic rings. The number of nitrogens with zero attached hydrogens (tertiary/aromatic N) is 5. The van der Waals surface area contributed by atoms with E-state index in [0.29, 0.717) is 24.2 Å². The molecule has 0 bridgehead atoms. The van der Waals surface area contributed by atoms with Gasteiger partial charge in [-0.25, -0.2) is 4.99 Å². The second kappa shape index (κ2) is 11.6. The Bertz CT molecular complexity index is 789. The van der Waals surface area contributed by atoms with Gasteiger partial charge in [0.15, 0.2) is 11.8 Å². The molecular weight excluding hydrogens is 503 g/mol. The molecule has 0 amide bonds. The van der Waals surface area contributed by atoms with Crippen LogP contribution in [0.4, 0.5) is 0 Å². The predicted molar refractivity (Wildman–Crippen MR) is 127 cm³/mol. The monoisotopic (exact) mass is 532 g/mol. The van der Waals surface area contributed by atoms with Crippen molar-refractivity contribution in [2.45, 2.75) is 45.2 Å². The predicted octanol–water partition coefficient (Wildman–Crippen LogP) is 3.79. The summed E-state index contributed by atoms with van der Waals surface area (Å²) in [6.45, 7) is 3.72. The van der Waals surface area contributed by atoms with Crippen molar-refractivity contribution in [3.8, 4) is 5.75 Å². The Morgan fingerprint density at radius 3 is 2.59 bits per heavy atom. The van der Waals surface area contributed by atoms with Crippen molar-refractivity contribution < 1.29 is 4.74 Å². The summed E-state index contributed by atoms with van der Waals surface area (Å²) < 4.78 is 7.80. The maximum atomic E-state index is 5.92. The third-order valence-electron chi connectivity index (χ3n) is 5.11. The minimum Gasteiger partial charge on any atom is -0.492 e. The number of aliphatic imine (C=N–C) groups is 1. The molecule has 9 heteroatoms. The highest BCUT2D eigenvalue weighted by atomic mass is 127.